The van der Waals surface area contributed by atoms with Crippen molar-refractivity contribution in [3.05, 3.63) is 134 Å². The van der Waals surface area contributed by atoms with Gasteiger partial charge >= 0.3 is 0 Å². The zero-order valence-electron chi connectivity index (χ0n) is 21.5. The van der Waals surface area contributed by atoms with Gasteiger partial charge in [-0.3, -0.25) is 19.9 Å². The molecule has 4 heteroatoms. The van der Waals surface area contributed by atoms with E-state index in [1.165, 1.54) is 11.1 Å². The maximum absolute atomic E-state index is 4.77. The Bertz CT molecular complexity index is 2040. The van der Waals surface area contributed by atoms with Crippen LogP contribution in [0.4, 0.5) is 0 Å². The van der Waals surface area contributed by atoms with Crippen LogP contribution in [0.2, 0.25) is 0 Å². The fraction of sp³-hybridized carbons (Fsp3) is 0. The Balaban J connectivity index is 1.07. The minimum absolute atomic E-state index is 0.935. The second-order valence-electron chi connectivity index (χ2n) is 10.0. The van der Waals surface area contributed by atoms with Crippen LogP contribution in [0.5, 0.6) is 0 Å². The topological polar surface area (TPSA) is 51.6 Å². The first kappa shape index (κ1) is 22.5. The molecule has 4 aromatic carbocycles. The van der Waals surface area contributed by atoms with Crippen molar-refractivity contribution < 1.29 is 0 Å². The van der Waals surface area contributed by atoms with Crippen molar-refractivity contribution in [1.82, 2.24) is 19.9 Å². The number of rotatable bonds is 3. The zero-order chi connectivity index (χ0) is 26.5. The van der Waals surface area contributed by atoms with Gasteiger partial charge in [-0.25, -0.2) is 0 Å². The summed E-state index contributed by atoms with van der Waals surface area (Å²) in [6.45, 7) is 0. The summed E-state index contributed by atoms with van der Waals surface area (Å²) in [5, 5.41) is 4.40. The Hall–Kier alpha value is -5.48. The molecule has 40 heavy (non-hydrogen) atoms. The Kier molecular flexibility index (Phi) is 5.10. The monoisotopic (exact) mass is 510 g/mol. The van der Waals surface area contributed by atoms with E-state index >= 15 is 0 Å². The van der Waals surface area contributed by atoms with Crippen molar-refractivity contribution in [3.63, 3.8) is 0 Å². The quantitative estimate of drug-likeness (QED) is 0.223. The molecule has 0 fully saturated rings. The average Bonchev–Trinajstić information content (AvgIpc) is 3.04. The van der Waals surface area contributed by atoms with Gasteiger partial charge in [0.15, 0.2) is 0 Å². The van der Waals surface area contributed by atoms with E-state index in [-0.39, 0.29) is 0 Å². The van der Waals surface area contributed by atoms with Crippen LogP contribution in [-0.2, 0) is 0 Å². The molecule has 8 aromatic rings. The molecule has 4 heterocycles. The molecule has 0 amide bonds. The highest BCUT2D eigenvalue weighted by atomic mass is 14.7. The Morgan fingerprint density at radius 2 is 0.650 bits per heavy atom. The summed E-state index contributed by atoms with van der Waals surface area (Å²) in [7, 11) is 0. The molecule has 8 rings (SSSR count). The van der Waals surface area contributed by atoms with Crippen LogP contribution in [0.1, 0.15) is 0 Å². The van der Waals surface area contributed by atoms with Gasteiger partial charge in [-0.15, -0.1) is 0 Å². The molecule has 0 aliphatic rings. The van der Waals surface area contributed by atoms with Gasteiger partial charge < -0.3 is 0 Å². The first-order valence-corrected chi connectivity index (χ1v) is 13.3. The Labute approximate surface area is 230 Å². The second kappa shape index (κ2) is 9.07. The van der Waals surface area contributed by atoms with E-state index in [0.717, 1.165) is 65.9 Å². The molecule has 0 radical (unpaired) electrons. The molecule has 0 atom stereocenters. The molecular formula is C36H22N4. The average molecular weight is 511 g/mol. The lowest BCUT2D eigenvalue weighted by Gasteiger charge is -2.09. The molecule has 0 saturated carbocycles. The van der Waals surface area contributed by atoms with Gasteiger partial charge in [0.2, 0.25) is 0 Å². The lowest BCUT2D eigenvalue weighted by Crippen LogP contribution is -1.88. The highest BCUT2D eigenvalue weighted by Gasteiger charge is 2.08. The standard InChI is InChI=1S/C36H22N4/c1-3-27-13-15-29-19-31(21-39-35(29)33(27)37-17-1)25-9-5-23(6-10-25)24-7-11-26(12-8-24)32-20-30-16-14-28-4-2-18-38-34(28)36(30)40-22-32/h1-22H. The molecule has 0 bridgehead atoms. The Morgan fingerprint density at radius 3 is 1.07 bits per heavy atom. The van der Waals surface area contributed by atoms with Crippen molar-refractivity contribution in [3.8, 4) is 33.4 Å². The first-order valence-electron chi connectivity index (χ1n) is 13.3. The van der Waals surface area contributed by atoms with E-state index in [1.54, 1.807) is 0 Å². The van der Waals surface area contributed by atoms with Gasteiger partial charge in [0.1, 0.15) is 0 Å². The summed E-state index contributed by atoms with van der Waals surface area (Å²) in [5.41, 5.74) is 10.6. The van der Waals surface area contributed by atoms with Crippen LogP contribution >= 0.6 is 0 Å². The molecule has 0 saturated heterocycles. The van der Waals surface area contributed by atoms with Crippen molar-refractivity contribution in [2.24, 2.45) is 0 Å². The van der Waals surface area contributed by atoms with E-state index in [2.05, 4.69) is 107 Å². The SMILES string of the molecule is c1cnc2c(c1)ccc1cc(-c3ccc(-c4ccc(-c5cnc6c(ccc7cccnc76)c5)cc4)cc3)cnc12. The van der Waals surface area contributed by atoms with E-state index in [0.29, 0.717) is 0 Å². The van der Waals surface area contributed by atoms with Crippen LogP contribution in [-0.4, -0.2) is 19.9 Å². The largest absolute Gasteiger partial charge is 0.254 e. The van der Waals surface area contributed by atoms with Crippen LogP contribution in [0, 0.1) is 0 Å². The molecule has 0 aliphatic heterocycles. The van der Waals surface area contributed by atoms with E-state index in [1.807, 2.05) is 36.9 Å². The van der Waals surface area contributed by atoms with Crippen molar-refractivity contribution in [1.29, 1.82) is 0 Å². The number of hydrogen-bond acceptors (Lipinski definition) is 4. The van der Waals surface area contributed by atoms with Gasteiger partial charge in [0, 0.05) is 57.5 Å². The maximum atomic E-state index is 4.77. The maximum Gasteiger partial charge on any atom is 0.0964 e. The number of hydrogen-bond donors (Lipinski definition) is 0. The summed E-state index contributed by atoms with van der Waals surface area (Å²) in [6, 6.07) is 38.2. The molecule has 0 spiro atoms. The van der Waals surface area contributed by atoms with Gasteiger partial charge in [0.05, 0.1) is 22.1 Å². The van der Waals surface area contributed by atoms with Crippen molar-refractivity contribution >= 4 is 43.6 Å². The van der Waals surface area contributed by atoms with Gasteiger partial charge in [-0.1, -0.05) is 84.9 Å². The molecule has 4 nitrogen and oxygen atoms in total. The number of pyridine rings is 4. The first-order chi connectivity index (χ1) is 19.8. The minimum Gasteiger partial charge on any atom is -0.254 e. The number of benzene rings is 4. The van der Waals surface area contributed by atoms with Gasteiger partial charge in [0.25, 0.3) is 0 Å². The van der Waals surface area contributed by atoms with Gasteiger partial charge in [-0.2, -0.15) is 0 Å². The number of fused-ring (bicyclic) bond motifs is 6. The second-order valence-corrected chi connectivity index (χ2v) is 10.0. The predicted molar refractivity (Wildman–Crippen MR) is 164 cm³/mol. The molecule has 0 aliphatic carbocycles. The third kappa shape index (κ3) is 3.77. The number of aromatic nitrogens is 4. The summed E-state index contributed by atoms with van der Waals surface area (Å²) in [5.74, 6) is 0. The van der Waals surface area contributed by atoms with Crippen LogP contribution in [0.3, 0.4) is 0 Å². The van der Waals surface area contributed by atoms with E-state index < -0.39 is 0 Å². The summed E-state index contributed by atoms with van der Waals surface area (Å²) in [6.07, 6.45) is 7.52. The fourth-order valence-corrected chi connectivity index (χ4v) is 5.50. The molecule has 0 N–H and O–H groups in total. The summed E-state index contributed by atoms with van der Waals surface area (Å²) < 4.78 is 0. The molecule has 186 valence electrons. The smallest absolute Gasteiger partial charge is 0.0964 e. The predicted octanol–water partition coefficient (Wildman–Crippen LogP) is 8.88. The van der Waals surface area contributed by atoms with Crippen LogP contribution in [0.25, 0.3) is 77.0 Å². The third-order valence-corrected chi connectivity index (χ3v) is 7.62. The minimum atomic E-state index is 0.935. The Morgan fingerprint density at radius 1 is 0.300 bits per heavy atom. The highest BCUT2D eigenvalue weighted by molar-refractivity contribution is 6.04. The van der Waals surface area contributed by atoms with Crippen LogP contribution in [0.15, 0.2) is 134 Å². The van der Waals surface area contributed by atoms with E-state index in [9.17, 15) is 0 Å². The lowest BCUT2D eigenvalue weighted by atomic mass is 9.98. The third-order valence-electron chi connectivity index (χ3n) is 7.62. The fourth-order valence-electron chi connectivity index (χ4n) is 5.50. The molecule has 4 aromatic heterocycles. The van der Waals surface area contributed by atoms with E-state index in [4.69, 9.17) is 9.97 Å². The van der Waals surface area contributed by atoms with Crippen LogP contribution < -0.4 is 0 Å². The normalized spacial score (nSPS) is 11.5. The lowest BCUT2D eigenvalue weighted by molar-refractivity contribution is 1.37. The van der Waals surface area contributed by atoms with Crippen molar-refractivity contribution in [2.45, 2.75) is 0 Å². The molecular weight excluding hydrogens is 488 g/mol. The summed E-state index contributed by atoms with van der Waals surface area (Å²) >= 11 is 0. The van der Waals surface area contributed by atoms with Crippen molar-refractivity contribution in [2.75, 3.05) is 0 Å². The number of nitrogens with zero attached hydrogens (tertiary/aromatic N) is 4. The summed E-state index contributed by atoms with van der Waals surface area (Å²) in [4.78, 5) is 18.6. The highest BCUT2D eigenvalue weighted by Crippen LogP contribution is 2.31. The zero-order valence-corrected chi connectivity index (χ0v) is 21.5. The molecule has 0 unspecified atom stereocenters. The van der Waals surface area contributed by atoms with Gasteiger partial charge in [-0.05, 0) is 46.5 Å².